The number of anilines is 3. The number of ether oxygens (including phenoxy) is 2. The third-order valence-electron chi connectivity index (χ3n) is 5.65. The molecule has 34 heavy (non-hydrogen) atoms. The van der Waals surface area contributed by atoms with Gasteiger partial charge in [-0.1, -0.05) is 31.4 Å². The number of nitrogens with one attached hydrogen (secondary N) is 4. The second kappa shape index (κ2) is 15.4. The van der Waals surface area contributed by atoms with Crippen LogP contribution in [-0.4, -0.2) is 68.1 Å². The first-order valence-electron chi connectivity index (χ1n) is 12.2. The zero-order valence-corrected chi connectivity index (χ0v) is 20.1. The number of halogens is 1. The molecule has 0 aliphatic heterocycles. The van der Waals surface area contributed by atoms with Gasteiger partial charge in [-0.3, -0.25) is 0 Å². The summed E-state index contributed by atoms with van der Waals surface area (Å²) >= 11 is 0. The number of benzene rings is 1. The Kier molecular flexibility index (Phi) is 11.8. The number of aromatic nitrogens is 3. The highest BCUT2D eigenvalue weighted by molar-refractivity contribution is 5.42. The number of rotatable bonds is 16. The molecule has 0 spiro atoms. The van der Waals surface area contributed by atoms with Gasteiger partial charge in [-0.05, 0) is 43.5 Å². The summed E-state index contributed by atoms with van der Waals surface area (Å²) in [4.78, 5) is 13.5. The Balaban J connectivity index is 1.50. The predicted molar refractivity (Wildman–Crippen MR) is 133 cm³/mol. The molecule has 1 saturated carbocycles. The highest BCUT2D eigenvalue weighted by Crippen LogP contribution is 2.23. The molecule has 1 aliphatic carbocycles. The molecule has 1 aromatic heterocycles. The summed E-state index contributed by atoms with van der Waals surface area (Å²) < 4.78 is 24.5. The molecule has 0 atom stereocenters. The minimum atomic E-state index is -0.264. The van der Waals surface area contributed by atoms with E-state index in [0.717, 1.165) is 18.7 Å². The number of nitrogens with zero attached hydrogens (tertiary/aromatic N) is 3. The topological polar surface area (TPSA) is 105 Å². The van der Waals surface area contributed by atoms with Crippen molar-refractivity contribution < 1.29 is 13.9 Å². The third kappa shape index (κ3) is 10.1. The molecular weight excluding hydrogens is 437 g/mol. The Hall–Kier alpha value is -2.56. The van der Waals surface area contributed by atoms with Gasteiger partial charge in [0.1, 0.15) is 5.82 Å². The van der Waals surface area contributed by atoms with Crippen LogP contribution in [0.5, 0.6) is 0 Å². The van der Waals surface area contributed by atoms with Crippen molar-refractivity contribution in [3.8, 4) is 0 Å². The Morgan fingerprint density at radius 1 is 0.853 bits per heavy atom. The first-order valence-corrected chi connectivity index (χ1v) is 12.2. The second-order valence-electron chi connectivity index (χ2n) is 8.43. The van der Waals surface area contributed by atoms with Crippen molar-refractivity contribution >= 4 is 17.8 Å². The molecule has 1 aromatic carbocycles. The van der Waals surface area contributed by atoms with Crippen LogP contribution >= 0.6 is 0 Å². The highest BCUT2D eigenvalue weighted by Gasteiger charge is 2.14. The number of hydrogen-bond donors (Lipinski definition) is 4. The molecule has 1 fully saturated rings. The Morgan fingerprint density at radius 2 is 1.53 bits per heavy atom. The largest absolute Gasteiger partial charge is 0.378 e. The zero-order valence-electron chi connectivity index (χ0n) is 20.1. The molecule has 0 unspecified atom stereocenters. The van der Waals surface area contributed by atoms with Gasteiger partial charge in [0.15, 0.2) is 0 Å². The van der Waals surface area contributed by atoms with E-state index in [4.69, 9.17) is 9.47 Å². The first-order chi connectivity index (χ1) is 16.7. The molecule has 1 aliphatic rings. The van der Waals surface area contributed by atoms with Gasteiger partial charge >= 0.3 is 0 Å². The maximum Gasteiger partial charge on any atom is 0.229 e. The van der Waals surface area contributed by atoms with E-state index in [1.165, 1.54) is 44.2 Å². The summed E-state index contributed by atoms with van der Waals surface area (Å²) in [6, 6.07) is 6.47. The van der Waals surface area contributed by atoms with Gasteiger partial charge in [0.05, 0.1) is 26.4 Å². The van der Waals surface area contributed by atoms with E-state index < -0.39 is 0 Å². The van der Waals surface area contributed by atoms with Gasteiger partial charge in [0.25, 0.3) is 0 Å². The van der Waals surface area contributed by atoms with E-state index in [0.29, 0.717) is 63.3 Å². The standard InChI is InChI=1S/C24H38FN7O2/c1-26-10-12-33-14-15-34-13-11-27-22-30-23(28-17-19-6-3-2-4-7-19)32-24(31-22)29-18-20-8-5-9-21(25)16-20/h5,8-9,16,19,26H,2-4,6-7,10-15,17-18H2,1H3,(H3,27,28,29,30,31,32). The summed E-state index contributed by atoms with van der Waals surface area (Å²) in [7, 11) is 1.89. The van der Waals surface area contributed by atoms with E-state index >= 15 is 0 Å². The molecule has 0 saturated heterocycles. The summed E-state index contributed by atoms with van der Waals surface area (Å²) in [6.07, 6.45) is 6.39. The van der Waals surface area contributed by atoms with Crippen LogP contribution in [-0.2, 0) is 16.0 Å². The van der Waals surface area contributed by atoms with Crippen LogP contribution in [0.4, 0.5) is 22.2 Å². The second-order valence-corrected chi connectivity index (χ2v) is 8.43. The summed E-state index contributed by atoms with van der Waals surface area (Å²) in [6.45, 7) is 4.94. The average molecular weight is 476 g/mol. The van der Waals surface area contributed by atoms with Gasteiger partial charge < -0.3 is 30.7 Å². The minimum Gasteiger partial charge on any atom is -0.378 e. The van der Waals surface area contributed by atoms with Crippen LogP contribution in [0, 0.1) is 11.7 Å². The van der Waals surface area contributed by atoms with Crippen LogP contribution < -0.4 is 21.3 Å². The monoisotopic (exact) mass is 475 g/mol. The first kappa shape index (κ1) is 26.1. The fourth-order valence-electron chi connectivity index (χ4n) is 3.80. The fourth-order valence-corrected chi connectivity index (χ4v) is 3.80. The summed E-state index contributed by atoms with van der Waals surface area (Å²) in [5, 5.41) is 12.8. The number of likely N-dealkylation sites (N-methyl/N-ethyl adjacent to an activating group) is 1. The predicted octanol–water partition coefficient (Wildman–Crippen LogP) is 3.28. The molecule has 9 nitrogen and oxygen atoms in total. The molecular formula is C24H38FN7O2. The minimum absolute atomic E-state index is 0.264. The van der Waals surface area contributed by atoms with Crippen molar-refractivity contribution in [3.05, 3.63) is 35.6 Å². The van der Waals surface area contributed by atoms with Crippen LogP contribution in [0.25, 0.3) is 0 Å². The molecule has 3 rings (SSSR count). The van der Waals surface area contributed by atoms with Crippen LogP contribution in [0.2, 0.25) is 0 Å². The van der Waals surface area contributed by atoms with E-state index in [-0.39, 0.29) is 5.82 Å². The van der Waals surface area contributed by atoms with Crippen molar-refractivity contribution in [3.63, 3.8) is 0 Å². The fraction of sp³-hybridized carbons (Fsp3) is 0.625. The lowest BCUT2D eigenvalue weighted by Crippen LogP contribution is -2.20. The zero-order chi connectivity index (χ0) is 23.8. The van der Waals surface area contributed by atoms with E-state index in [9.17, 15) is 4.39 Å². The van der Waals surface area contributed by atoms with Gasteiger partial charge in [0.2, 0.25) is 17.8 Å². The SMILES string of the molecule is CNCCOCCOCCNc1nc(NCc2cccc(F)c2)nc(NCC2CCCCC2)n1. The van der Waals surface area contributed by atoms with Crippen molar-refractivity contribution in [1.29, 1.82) is 0 Å². The highest BCUT2D eigenvalue weighted by atomic mass is 19.1. The lowest BCUT2D eigenvalue weighted by molar-refractivity contribution is 0.0531. The maximum absolute atomic E-state index is 13.5. The molecule has 188 valence electrons. The van der Waals surface area contributed by atoms with Crippen LogP contribution in [0.1, 0.15) is 37.7 Å². The molecule has 0 bridgehead atoms. The average Bonchev–Trinajstić information content (AvgIpc) is 2.86. The molecule has 0 radical (unpaired) electrons. The molecule has 10 heteroatoms. The molecule has 2 aromatic rings. The quantitative estimate of drug-likeness (QED) is 0.272. The Morgan fingerprint density at radius 3 is 2.24 bits per heavy atom. The smallest absolute Gasteiger partial charge is 0.229 e. The van der Waals surface area contributed by atoms with E-state index in [2.05, 4.69) is 36.2 Å². The molecule has 4 N–H and O–H groups in total. The lowest BCUT2D eigenvalue weighted by Gasteiger charge is -2.21. The summed E-state index contributed by atoms with van der Waals surface area (Å²) in [5.41, 5.74) is 0.817. The van der Waals surface area contributed by atoms with Crippen molar-refractivity contribution in [2.24, 2.45) is 5.92 Å². The van der Waals surface area contributed by atoms with Gasteiger partial charge in [-0.25, -0.2) is 4.39 Å². The van der Waals surface area contributed by atoms with Crippen LogP contribution in [0.3, 0.4) is 0 Å². The number of hydrogen-bond acceptors (Lipinski definition) is 9. The maximum atomic E-state index is 13.5. The van der Waals surface area contributed by atoms with Crippen molar-refractivity contribution in [1.82, 2.24) is 20.3 Å². The van der Waals surface area contributed by atoms with Crippen molar-refractivity contribution in [2.75, 3.05) is 69.1 Å². The van der Waals surface area contributed by atoms with E-state index in [1.54, 1.807) is 6.07 Å². The Labute approximate surface area is 201 Å². The molecule has 0 amide bonds. The van der Waals surface area contributed by atoms with Gasteiger partial charge in [0, 0.05) is 26.2 Å². The normalized spacial score (nSPS) is 14.2. The third-order valence-corrected chi connectivity index (χ3v) is 5.65. The van der Waals surface area contributed by atoms with Crippen LogP contribution in [0.15, 0.2) is 24.3 Å². The van der Waals surface area contributed by atoms with E-state index in [1.807, 2.05) is 13.1 Å². The van der Waals surface area contributed by atoms with Gasteiger partial charge in [-0.2, -0.15) is 15.0 Å². The summed E-state index contributed by atoms with van der Waals surface area (Å²) in [5.74, 6) is 1.82. The lowest BCUT2D eigenvalue weighted by atomic mass is 9.89. The van der Waals surface area contributed by atoms with Gasteiger partial charge in [-0.15, -0.1) is 0 Å². The molecule has 1 heterocycles. The van der Waals surface area contributed by atoms with Crippen molar-refractivity contribution in [2.45, 2.75) is 38.6 Å². The Bertz CT molecular complexity index is 837.